The molecule has 1 fully saturated rings. The molecule has 2 atom stereocenters. The molecule has 1 aromatic heterocycles. The molecule has 10 heteroatoms. The van der Waals surface area contributed by atoms with Gasteiger partial charge in [-0.1, -0.05) is 18.2 Å². The molecule has 0 bridgehead atoms. The molecule has 1 aliphatic heterocycles. The van der Waals surface area contributed by atoms with Crippen molar-refractivity contribution in [3.8, 4) is 5.69 Å². The highest BCUT2D eigenvalue weighted by Crippen LogP contribution is 2.38. The van der Waals surface area contributed by atoms with Crippen molar-refractivity contribution in [3.05, 3.63) is 42.2 Å². The molecule has 1 aromatic carbocycles. The number of nitrogens with zero attached hydrogens (tertiary/aromatic N) is 4. The third-order valence-electron chi connectivity index (χ3n) is 4.04. The number of hydrogen-bond donors (Lipinski definition) is 1. The normalized spacial score (nSPS) is 20.7. The maximum atomic E-state index is 13.0. The second-order valence-electron chi connectivity index (χ2n) is 5.66. The molecule has 0 saturated carbocycles. The van der Waals surface area contributed by atoms with Gasteiger partial charge in [0, 0.05) is 13.1 Å². The van der Waals surface area contributed by atoms with Gasteiger partial charge in [0.05, 0.1) is 23.7 Å². The van der Waals surface area contributed by atoms with Crippen LogP contribution in [0.5, 0.6) is 0 Å². The number of aliphatic carboxylic acids is 1. The molecule has 1 saturated heterocycles. The summed E-state index contributed by atoms with van der Waals surface area (Å²) in [6.45, 7) is -1.23. The molecule has 1 N–H and O–H groups in total. The van der Waals surface area contributed by atoms with Gasteiger partial charge in [-0.3, -0.25) is 9.59 Å². The lowest BCUT2D eigenvalue weighted by Crippen LogP contribution is -2.34. The number of likely N-dealkylation sites (tertiary alicyclic amines) is 1. The summed E-state index contributed by atoms with van der Waals surface area (Å²) in [7, 11) is 0. The highest BCUT2D eigenvalue weighted by Gasteiger charge is 2.53. The number of para-hydroxylation sites is 1. The van der Waals surface area contributed by atoms with Crippen LogP contribution in [0.15, 0.2) is 36.5 Å². The van der Waals surface area contributed by atoms with E-state index >= 15 is 0 Å². The topological polar surface area (TPSA) is 88.3 Å². The number of carbonyl (C=O) groups is 2. The van der Waals surface area contributed by atoms with Crippen LogP contribution in [0.4, 0.5) is 13.2 Å². The average molecular weight is 354 g/mol. The number of rotatable bonds is 3. The minimum Gasteiger partial charge on any atom is -0.481 e. The third kappa shape index (κ3) is 3.32. The van der Waals surface area contributed by atoms with Crippen LogP contribution in [0.3, 0.4) is 0 Å². The Kier molecular flexibility index (Phi) is 4.19. The summed E-state index contributed by atoms with van der Waals surface area (Å²) in [6.07, 6.45) is -3.55. The SMILES string of the molecule is O=C(O)[C@@H]1CN(C(=O)c2cnn(-c3ccccc3)n2)C[C@H]1C(F)(F)F. The quantitative estimate of drug-likeness (QED) is 0.905. The van der Waals surface area contributed by atoms with Crippen molar-refractivity contribution in [1.82, 2.24) is 19.9 Å². The predicted octanol–water partition coefficient (Wildman–Crippen LogP) is 1.60. The van der Waals surface area contributed by atoms with Crippen molar-refractivity contribution in [2.75, 3.05) is 13.1 Å². The van der Waals surface area contributed by atoms with Gasteiger partial charge in [0.15, 0.2) is 5.69 Å². The number of carbonyl (C=O) groups excluding carboxylic acids is 1. The lowest BCUT2D eigenvalue weighted by molar-refractivity contribution is -0.187. The summed E-state index contributed by atoms with van der Waals surface area (Å²) < 4.78 is 39.0. The maximum absolute atomic E-state index is 13.0. The van der Waals surface area contributed by atoms with E-state index in [0.717, 1.165) is 11.1 Å². The van der Waals surface area contributed by atoms with Crippen LogP contribution < -0.4 is 0 Å². The number of benzene rings is 1. The van der Waals surface area contributed by atoms with E-state index in [9.17, 15) is 22.8 Å². The van der Waals surface area contributed by atoms with E-state index in [-0.39, 0.29) is 5.69 Å². The summed E-state index contributed by atoms with van der Waals surface area (Å²) in [5.41, 5.74) is 0.440. The molecule has 0 unspecified atom stereocenters. The zero-order valence-electron chi connectivity index (χ0n) is 12.7. The van der Waals surface area contributed by atoms with E-state index in [1.54, 1.807) is 30.3 Å². The lowest BCUT2D eigenvalue weighted by Gasteiger charge is -2.17. The smallest absolute Gasteiger partial charge is 0.394 e. The van der Waals surface area contributed by atoms with E-state index in [0.29, 0.717) is 5.69 Å². The fourth-order valence-corrected chi connectivity index (χ4v) is 2.76. The molecule has 0 aliphatic carbocycles. The first-order valence-electron chi connectivity index (χ1n) is 7.34. The Balaban J connectivity index is 1.80. The van der Waals surface area contributed by atoms with Crippen molar-refractivity contribution >= 4 is 11.9 Å². The Hall–Kier alpha value is -2.91. The maximum Gasteiger partial charge on any atom is 0.394 e. The minimum atomic E-state index is -4.69. The molecular weight excluding hydrogens is 341 g/mol. The second-order valence-corrected chi connectivity index (χ2v) is 5.66. The van der Waals surface area contributed by atoms with Crippen LogP contribution in [0.1, 0.15) is 10.5 Å². The van der Waals surface area contributed by atoms with Gasteiger partial charge >= 0.3 is 12.1 Å². The van der Waals surface area contributed by atoms with Crippen LogP contribution in [0, 0.1) is 11.8 Å². The highest BCUT2D eigenvalue weighted by molar-refractivity contribution is 5.92. The predicted molar refractivity (Wildman–Crippen MR) is 77.9 cm³/mol. The zero-order chi connectivity index (χ0) is 18.2. The van der Waals surface area contributed by atoms with Crippen LogP contribution in [0.2, 0.25) is 0 Å². The van der Waals surface area contributed by atoms with Gasteiger partial charge in [0.2, 0.25) is 0 Å². The van der Waals surface area contributed by atoms with Crippen molar-refractivity contribution in [3.63, 3.8) is 0 Å². The van der Waals surface area contributed by atoms with Crippen LogP contribution >= 0.6 is 0 Å². The molecule has 2 heterocycles. The van der Waals surface area contributed by atoms with Gasteiger partial charge in [0.25, 0.3) is 5.91 Å². The van der Waals surface area contributed by atoms with E-state index in [4.69, 9.17) is 5.11 Å². The van der Waals surface area contributed by atoms with Gasteiger partial charge in [-0.25, -0.2) is 0 Å². The fraction of sp³-hybridized carbons (Fsp3) is 0.333. The van der Waals surface area contributed by atoms with Crippen molar-refractivity contribution in [1.29, 1.82) is 0 Å². The summed E-state index contributed by atoms with van der Waals surface area (Å²) in [5.74, 6) is -6.14. The third-order valence-corrected chi connectivity index (χ3v) is 4.04. The van der Waals surface area contributed by atoms with E-state index in [1.165, 1.54) is 4.80 Å². The standard InChI is InChI=1S/C15H13F3N4O3/c16-15(17,18)11-8-21(7-10(11)14(24)25)13(23)12-6-19-22(20-12)9-4-2-1-3-5-9/h1-6,10-11H,7-8H2,(H,24,25)/t10-,11-/m1/s1. The first-order chi connectivity index (χ1) is 11.8. The van der Waals surface area contributed by atoms with E-state index < -0.39 is 43.0 Å². The Labute approximate surface area is 139 Å². The van der Waals surface area contributed by atoms with E-state index in [2.05, 4.69) is 10.2 Å². The summed E-state index contributed by atoms with van der Waals surface area (Å²) in [5, 5.41) is 16.9. The highest BCUT2D eigenvalue weighted by atomic mass is 19.4. The first-order valence-corrected chi connectivity index (χ1v) is 7.34. The van der Waals surface area contributed by atoms with Crippen LogP contribution in [-0.2, 0) is 4.79 Å². The van der Waals surface area contributed by atoms with Gasteiger partial charge in [-0.05, 0) is 12.1 Å². The van der Waals surface area contributed by atoms with Gasteiger partial charge in [0.1, 0.15) is 0 Å². The molecule has 1 amide bonds. The molecule has 1 aliphatic rings. The number of alkyl halides is 3. The Morgan fingerprint density at radius 3 is 2.40 bits per heavy atom. The zero-order valence-corrected chi connectivity index (χ0v) is 12.7. The van der Waals surface area contributed by atoms with Crippen LogP contribution in [0.25, 0.3) is 5.69 Å². The molecule has 2 aromatic rings. The summed E-state index contributed by atoms with van der Waals surface area (Å²) in [4.78, 5) is 25.5. The van der Waals surface area contributed by atoms with Gasteiger partial charge in [-0.2, -0.15) is 23.1 Å². The number of amides is 1. The molecule has 132 valence electrons. The molecule has 0 radical (unpaired) electrons. The number of aromatic nitrogens is 3. The molecule has 25 heavy (non-hydrogen) atoms. The lowest BCUT2D eigenvalue weighted by atomic mass is 9.96. The van der Waals surface area contributed by atoms with Gasteiger partial charge in [-0.15, -0.1) is 5.10 Å². The average Bonchev–Trinajstić information content (AvgIpc) is 3.22. The number of halogens is 3. The summed E-state index contributed by atoms with van der Waals surface area (Å²) >= 11 is 0. The minimum absolute atomic E-state index is 0.143. The molecular formula is C15H13F3N4O3. The number of hydrogen-bond acceptors (Lipinski definition) is 4. The molecule has 3 rings (SSSR count). The Morgan fingerprint density at radius 2 is 1.84 bits per heavy atom. The van der Waals surface area contributed by atoms with E-state index in [1.807, 2.05) is 0 Å². The fourth-order valence-electron chi connectivity index (χ4n) is 2.76. The largest absolute Gasteiger partial charge is 0.481 e. The van der Waals surface area contributed by atoms with Crippen LogP contribution in [-0.4, -0.2) is 56.1 Å². The summed E-state index contributed by atoms with van der Waals surface area (Å²) in [6, 6.07) is 8.67. The Bertz CT molecular complexity index is 791. The first kappa shape index (κ1) is 16.9. The van der Waals surface area contributed by atoms with Crippen molar-refractivity contribution in [2.45, 2.75) is 6.18 Å². The van der Waals surface area contributed by atoms with Gasteiger partial charge < -0.3 is 10.0 Å². The number of carboxylic acids is 1. The van der Waals surface area contributed by atoms with Crippen molar-refractivity contribution < 1.29 is 27.9 Å². The Morgan fingerprint density at radius 1 is 1.16 bits per heavy atom. The number of carboxylic acid groups (broad SMARTS) is 1. The second kappa shape index (κ2) is 6.19. The van der Waals surface area contributed by atoms with Crippen molar-refractivity contribution in [2.24, 2.45) is 11.8 Å². The molecule has 0 spiro atoms. The molecule has 7 nitrogen and oxygen atoms in total. The monoisotopic (exact) mass is 354 g/mol.